The standard InChI is InChI=1S/C9H17NO4/c1-4-9(2,3)7(11)14-6-5-10-8(12)13/h10H,4-6H2,1-3H3,(H,12,13). The topological polar surface area (TPSA) is 75.6 Å². The van der Waals surface area contributed by atoms with Crippen molar-refractivity contribution in [3.05, 3.63) is 0 Å². The van der Waals surface area contributed by atoms with Crippen LogP contribution in [0.5, 0.6) is 0 Å². The van der Waals surface area contributed by atoms with Crippen LogP contribution < -0.4 is 5.32 Å². The van der Waals surface area contributed by atoms with Gasteiger partial charge in [-0.3, -0.25) is 4.79 Å². The third-order valence-electron chi connectivity index (χ3n) is 2.05. The van der Waals surface area contributed by atoms with Gasteiger partial charge in [-0.15, -0.1) is 0 Å². The Balaban J connectivity index is 3.70. The van der Waals surface area contributed by atoms with E-state index < -0.39 is 11.5 Å². The van der Waals surface area contributed by atoms with Crippen molar-refractivity contribution >= 4 is 12.1 Å². The number of esters is 1. The summed E-state index contributed by atoms with van der Waals surface area (Å²) in [4.78, 5) is 21.4. The summed E-state index contributed by atoms with van der Waals surface area (Å²) < 4.78 is 4.88. The molecule has 0 fully saturated rings. The second-order valence-corrected chi connectivity index (χ2v) is 3.61. The van der Waals surface area contributed by atoms with Crippen molar-refractivity contribution in [1.82, 2.24) is 5.32 Å². The molecule has 0 spiro atoms. The average Bonchev–Trinajstić information content (AvgIpc) is 2.11. The van der Waals surface area contributed by atoms with E-state index in [1.165, 1.54) is 0 Å². The van der Waals surface area contributed by atoms with Gasteiger partial charge >= 0.3 is 12.1 Å². The number of amides is 1. The fraction of sp³-hybridized carbons (Fsp3) is 0.778. The van der Waals surface area contributed by atoms with Gasteiger partial charge in [-0.05, 0) is 20.3 Å². The predicted octanol–water partition coefficient (Wildman–Crippen LogP) is 1.23. The molecule has 0 aliphatic carbocycles. The maximum absolute atomic E-state index is 11.3. The van der Waals surface area contributed by atoms with Crippen molar-refractivity contribution in [1.29, 1.82) is 0 Å². The minimum absolute atomic E-state index is 0.0779. The maximum atomic E-state index is 11.3. The molecule has 0 rings (SSSR count). The quantitative estimate of drug-likeness (QED) is 0.520. The summed E-state index contributed by atoms with van der Waals surface area (Å²) in [6.45, 7) is 5.69. The van der Waals surface area contributed by atoms with Crippen LogP contribution in [0, 0.1) is 5.41 Å². The molecule has 0 atom stereocenters. The van der Waals surface area contributed by atoms with Gasteiger partial charge in [0.1, 0.15) is 6.61 Å². The monoisotopic (exact) mass is 203 g/mol. The van der Waals surface area contributed by atoms with Crippen LogP contribution in [0.1, 0.15) is 27.2 Å². The molecule has 82 valence electrons. The van der Waals surface area contributed by atoms with E-state index in [-0.39, 0.29) is 19.1 Å². The zero-order valence-corrected chi connectivity index (χ0v) is 8.79. The van der Waals surface area contributed by atoms with Crippen LogP contribution in [0.15, 0.2) is 0 Å². The molecular formula is C9H17NO4. The van der Waals surface area contributed by atoms with E-state index in [1.54, 1.807) is 13.8 Å². The first-order chi connectivity index (χ1) is 6.40. The number of carbonyl (C=O) groups excluding carboxylic acids is 1. The van der Waals surface area contributed by atoms with Crippen LogP contribution in [0.4, 0.5) is 4.79 Å². The van der Waals surface area contributed by atoms with Gasteiger partial charge in [0.25, 0.3) is 0 Å². The molecule has 0 saturated heterocycles. The number of rotatable bonds is 5. The molecule has 0 radical (unpaired) electrons. The Morgan fingerprint density at radius 1 is 1.43 bits per heavy atom. The Labute approximate surface area is 83.4 Å². The van der Waals surface area contributed by atoms with E-state index >= 15 is 0 Å². The molecule has 0 aromatic heterocycles. The van der Waals surface area contributed by atoms with Gasteiger partial charge < -0.3 is 15.2 Å². The molecule has 0 aromatic carbocycles. The van der Waals surface area contributed by atoms with Gasteiger partial charge in [-0.2, -0.15) is 0 Å². The van der Waals surface area contributed by atoms with E-state index in [4.69, 9.17) is 9.84 Å². The second kappa shape index (κ2) is 5.47. The molecule has 14 heavy (non-hydrogen) atoms. The molecule has 2 N–H and O–H groups in total. The van der Waals surface area contributed by atoms with Crippen LogP contribution in [0.25, 0.3) is 0 Å². The number of carboxylic acid groups (broad SMARTS) is 1. The highest BCUT2D eigenvalue weighted by Crippen LogP contribution is 2.20. The van der Waals surface area contributed by atoms with Gasteiger partial charge in [0.2, 0.25) is 0 Å². The molecule has 0 unspecified atom stereocenters. The van der Waals surface area contributed by atoms with Gasteiger partial charge in [0.15, 0.2) is 0 Å². The molecule has 0 heterocycles. The summed E-state index contributed by atoms with van der Waals surface area (Å²) in [7, 11) is 0. The van der Waals surface area contributed by atoms with Crippen molar-refractivity contribution in [2.45, 2.75) is 27.2 Å². The number of carbonyl (C=O) groups is 2. The van der Waals surface area contributed by atoms with Crippen molar-refractivity contribution in [2.24, 2.45) is 5.41 Å². The maximum Gasteiger partial charge on any atom is 0.404 e. The summed E-state index contributed by atoms with van der Waals surface area (Å²) in [5.41, 5.74) is -0.497. The van der Waals surface area contributed by atoms with Gasteiger partial charge in [-0.25, -0.2) is 4.79 Å². The Hall–Kier alpha value is -1.26. The fourth-order valence-corrected chi connectivity index (χ4v) is 0.641. The highest BCUT2D eigenvalue weighted by molar-refractivity contribution is 5.75. The molecule has 0 bridgehead atoms. The Kier molecular flexibility index (Phi) is 4.97. The molecular weight excluding hydrogens is 186 g/mol. The lowest BCUT2D eigenvalue weighted by Crippen LogP contribution is -2.30. The normalized spacial score (nSPS) is 10.8. The summed E-state index contributed by atoms with van der Waals surface area (Å²) in [6.07, 6.45) is -0.422. The Morgan fingerprint density at radius 3 is 2.43 bits per heavy atom. The van der Waals surface area contributed by atoms with Crippen LogP contribution in [-0.2, 0) is 9.53 Å². The van der Waals surface area contributed by atoms with E-state index in [2.05, 4.69) is 5.32 Å². The molecule has 5 nitrogen and oxygen atoms in total. The van der Waals surface area contributed by atoms with Crippen molar-refractivity contribution in [3.63, 3.8) is 0 Å². The molecule has 0 saturated carbocycles. The highest BCUT2D eigenvalue weighted by Gasteiger charge is 2.26. The third-order valence-corrected chi connectivity index (χ3v) is 2.05. The summed E-state index contributed by atoms with van der Waals surface area (Å²) >= 11 is 0. The lowest BCUT2D eigenvalue weighted by molar-refractivity contribution is -0.153. The predicted molar refractivity (Wildman–Crippen MR) is 51.1 cm³/mol. The zero-order valence-electron chi connectivity index (χ0n) is 8.79. The first kappa shape index (κ1) is 12.7. The second-order valence-electron chi connectivity index (χ2n) is 3.61. The highest BCUT2D eigenvalue weighted by atomic mass is 16.5. The first-order valence-electron chi connectivity index (χ1n) is 4.54. The van der Waals surface area contributed by atoms with Crippen molar-refractivity contribution in [3.8, 4) is 0 Å². The molecule has 1 amide bonds. The van der Waals surface area contributed by atoms with E-state index in [0.717, 1.165) is 0 Å². The minimum Gasteiger partial charge on any atom is -0.465 e. The smallest absolute Gasteiger partial charge is 0.404 e. The molecule has 5 heteroatoms. The lowest BCUT2D eigenvalue weighted by atomic mass is 9.91. The number of ether oxygens (including phenoxy) is 1. The summed E-state index contributed by atoms with van der Waals surface area (Å²) in [6, 6.07) is 0. The van der Waals surface area contributed by atoms with Crippen LogP contribution >= 0.6 is 0 Å². The number of hydrogen-bond donors (Lipinski definition) is 2. The fourth-order valence-electron chi connectivity index (χ4n) is 0.641. The third kappa shape index (κ3) is 4.69. The van der Waals surface area contributed by atoms with Crippen LogP contribution in [0.3, 0.4) is 0 Å². The molecule has 0 aromatic rings. The molecule has 0 aliphatic rings. The molecule has 0 aliphatic heterocycles. The number of hydrogen-bond acceptors (Lipinski definition) is 3. The van der Waals surface area contributed by atoms with Gasteiger partial charge in [-0.1, -0.05) is 6.92 Å². The van der Waals surface area contributed by atoms with Crippen molar-refractivity contribution in [2.75, 3.05) is 13.2 Å². The zero-order chi connectivity index (χ0) is 11.2. The first-order valence-corrected chi connectivity index (χ1v) is 4.54. The van der Waals surface area contributed by atoms with Crippen molar-refractivity contribution < 1.29 is 19.4 Å². The van der Waals surface area contributed by atoms with Crippen LogP contribution in [0.2, 0.25) is 0 Å². The summed E-state index contributed by atoms with van der Waals surface area (Å²) in [5, 5.41) is 10.3. The Morgan fingerprint density at radius 2 is 2.00 bits per heavy atom. The largest absolute Gasteiger partial charge is 0.465 e. The minimum atomic E-state index is -1.11. The SMILES string of the molecule is CCC(C)(C)C(=O)OCCNC(=O)O. The van der Waals surface area contributed by atoms with E-state index in [1.807, 2.05) is 6.92 Å². The number of nitrogens with one attached hydrogen (secondary N) is 1. The Bertz CT molecular complexity index is 213. The lowest BCUT2D eigenvalue weighted by Gasteiger charge is -2.20. The van der Waals surface area contributed by atoms with Gasteiger partial charge in [0.05, 0.1) is 12.0 Å². The summed E-state index contributed by atoms with van der Waals surface area (Å²) in [5.74, 6) is -0.299. The van der Waals surface area contributed by atoms with E-state index in [0.29, 0.717) is 6.42 Å². The van der Waals surface area contributed by atoms with E-state index in [9.17, 15) is 9.59 Å². The van der Waals surface area contributed by atoms with Gasteiger partial charge in [0, 0.05) is 0 Å². The van der Waals surface area contributed by atoms with Crippen LogP contribution in [-0.4, -0.2) is 30.3 Å². The average molecular weight is 203 g/mol.